The number of benzene rings is 1. The molecule has 0 aliphatic carbocycles. The number of nitrogens with two attached hydrogens (primary N) is 1. The second-order valence-electron chi connectivity index (χ2n) is 4.65. The van der Waals surface area contributed by atoms with Crippen molar-refractivity contribution in [2.45, 2.75) is 20.8 Å². The maximum Gasteiger partial charge on any atom is 0.237 e. The summed E-state index contributed by atoms with van der Waals surface area (Å²) in [5.41, 5.74) is 5.78. The Kier molecular flexibility index (Phi) is 4.81. The van der Waals surface area contributed by atoms with Gasteiger partial charge in [-0.05, 0) is 54.4 Å². The number of halogens is 2. The van der Waals surface area contributed by atoms with Gasteiger partial charge in [0.2, 0.25) is 5.91 Å². The van der Waals surface area contributed by atoms with E-state index in [-0.39, 0.29) is 5.84 Å². The van der Waals surface area contributed by atoms with Crippen molar-refractivity contribution >= 4 is 45.0 Å². The molecule has 104 valence electrons. The number of oxime groups is 1. The second kappa shape index (κ2) is 5.79. The van der Waals surface area contributed by atoms with Crippen molar-refractivity contribution in [3.05, 3.63) is 27.2 Å². The van der Waals surface area contributed by atoms with E-state index < -0.39 is 11.3 Å². The highest BCUT2D eigenvalue weighted by atomic mass is 79.9. The van der Waals surface area contributed by atoms with Gasteiger partial charge < -0.3 is 16.3 Å². The molecule has 1 rings (SSSR count). The number of rotatable bonds is 3. The number of anilines is 1. The number of nitrogens with zero attached hydrogens (tertiary/aromatic N) is 1. The summed E-state index contributed by atoms with van der Waals surface area (Å²) in [6.07, 6.45) is 0. The lowest BCUT2D eigenvalue weighted by molar-refractivity contribution is -0.121. The highest BCUT2D eigenvalue weighted by molar-refractivity contribution is 9.10. The minimum absolute atomic E-state index is 0.167. The topological polar surface area (TPSA) is 87.7 Å². The first-order valence-electron chi connectivity index (χ1n) is 5.45. The standard InChI is InChI=1S/C12H15BrClN3O2/c1-6-4-7(13)9(5-8(6)14)16-11(18)12(2,3)10(15)17-19/h4-5,19H,1-3H3,(H2,15,17)(H,16,18). The molecule has 5 nitrogen and oxygen atoms in total. The van der Waals surface area contributed by atoms with E-state index in [1.54, 1.807) is 26.0 Å². The van der Waals surface area contributed by atoms with Crippen LogP contribution < -0.4 is 11.1 Å². The number of hydrogen-bond acceptors (Lipinski definition) is 3. The van der Waals surface area contributed by atoms with Gasteiger partial charge in [-0.25, -0.2) is 0 Å². The van der Waals surface area contributed by atoms with Gasteiger partial charge in [-0.15, -0.1) is 0 Å². The van der Waals surface area contributed by atoms with E-state index >= 15 is 0 Å². The van der Waals surface area contributed by atoms with Gasteiger partial charge in [-0.3, -0.25) is 4.79 Å². The average molecular weight is 349 g/mol. The molecule has 0 saturated heterocycles. The van der Waals surface area contributed by atoms with Crippen LogP contribution in [-0.4, -0.2) is 17.0 Å². The molecule has 19 heavy (non-hydrogen) atoms. The first-order chi connectivity index (χ1) is 8.70. The fraction of sp³-hybridized carbons (Fsp3) is 0.333. The molecule has 0 aliphatic rings. The van der Waals surface area contributed by atoms with Gasteiger partial charge in [0, 0.05) is 9.50 Å². The normalized spacial score (nSPS) is 12.4. The Morgan fingerprint density at radius 1 is 1.53 bits per heavy atom. The number of hydrogen-bond donors (Lipinski definition) is 3. The van der Waals surface area contributed by atoms with E-state index in [2.05, 4.69) is 26.4 Å². The van der Waals surface area contributed by atoms with Crippen LogP contribution in [0.5, 0.6) is 0 Å². The van der Waals surface area contributed by atoms with Crippen LogP contribution in [0.15, 0.2) is 21.8 Å². The van der Waals surface area contributed by atoms with Crippen LogP contribution in [0.25, 0.3) is 0 Å². The Morgan fingerprint density at radius 2 is 2.11 bits per heavy atom. The lowest BCUT2D eigenvalue weighted by Crippen LogP contribution is -2.42. The Balaban J connectivity index is 3.04. The van der Waals surface area contributed by atoms with E-state index in [1.165, 1.54) is 0 Å². The Labute approximate surface area is 124 Å². The van der Waals surface area contributed by atoms with E-state index in [0.29, 0.717) is 15.2 Å². The molecule has 0 atom stereocenters. The minimum atomic E-state index is -1.13. The third kappa shape index (κ3) is 3.39. The van der Waals surface area contributed by atoms with Gasteiger partial charge in [0.1, 0.15) is 5.41 Å². The van der Waals surface area contributed by atoms with Crippen LogP contribution in [-0.2, 0) is 4.79 Å². The first-order valence-corrected chi connectivity index (χ1v) is 6.62. The predicted octanol–water partition coefficient (Wildman–Crippen LogP) is 3.12. The highest BCUT2D eigenvalue weighted by Crippen LogP contribution is 2.30. The van der Waals surface area contributed by atoms with E-state index in [0.717, 1.165) is 5.56 Å². The van der Waals surface area contributed by atoms with E-state index in [9.17, 15) is 4.79 Å². The number of amides is 1. The fourth-order valence-electron chi connectivity index (χ4n) is 1.26. The fourth-order valence-corrected chi connectivity index (χ4v) is 1.98. The summed E-state index contributed by atoms with van der Waals surface area (Å²) in [5.74, 6) is -0.567. The number of aryl methyl sites for hydroxylation is 1. The Morgan fingerprint density at radius 3 is 2.63 bits per heavy atom. The first kappa shape index (κ1) is 15.8. The van der Waals surface area contributed by atoms with E-state index in [4.69, 9.17) is 22.5 Å². The molecule has 0 heterocycles. The minimum Gasteiger partial charge on any atom is -0.409 e. The third-order valence-electron chi connectivity index (χ3n) is 2.81. The molecule has 1 aromatic carbocycles. The number of amidine groups is 1. The van der Waals surface area contributed by atoms with Crippen LogP contribution in [0.2, 0.25) is 5.02 Å². The largest absolute Gasteiger partial charge is 0.409 e. The number of nitrogens with one attached hydrogen (secondary N) is 1. The van der Waals surface area contributed by atoms with Gasteiger partial charge in [0.25, 0.3) is 0 Å². The van der Waals surface area contributed by atoms with Gasteiger partial charge >= 0.3 is 0 Å². The molecule has 7 heteroatoms. The molecule has 0 aromatic heterocycles. The van der Waals surface area contributed by atoms with E-state index in [1.807, 2.05) is 6.92 Å². The van der Waals surface area contributed by atoms with Gasteiger partial charge in [-0.2, -0.15) is 0 Å². The molecule has 0 unspecified atom stereocenters. The molecule has 0 aliphatic heterocycles. The molecular weight excluding hydrogens is 334 g/mol. The molecule has 0 spiro atoms. The number of carbonyl (C=O) groups is 1. The van der Waals surface area contributed by atoms with Crippen LogP contribution in [0.1, 0.15) is 19.4 Å². The zero-order valence-corrected chi connectivity index (χ0v) is 13.1. The van der Waals surface area contributed by atoms with Gasteiger partial charge in [-0.1, -0.05) is 16.8 Å². The second-order valence-corrected chi connectivity index (χ2v) is 5.91. The maximum atomic E-state index is 12.1. The summed E-state index contributed by atoms with van der Waals surface area (Å²) in [6.45, 7) is 4.97. The summed E-state index contributed by atoms with van der Waals surface area (Å²) in [4.78, 5) is 12.1. The summed E-state index contributed by atoms with van der Waals surface area (Å²) in [5, 5.41) is 14.8. The smallest absolute Gasteiger partial charge is 0.237 e. The lowest BCUT2D eigenvalue weighted by atomic mass is 9.91. The zero-order valence-electron chi connectivity index (χ0n) is 10.8. The monoisotopic (exact) mass is 347 g/mol. The lowest BCUT2D eigenvalue weighted by Gasteiger charge is -2.22. The van der Waals surface area contributed by atoms with Crippen molar-refractivity contribution in [3.8, 4) is 0 Å². The van der Waals surface area contributed by atoms with Crippen LogP contribution in [0.4, 0.5) is 5.69 Å². The quantitative estimate of drug-likeness (QED) is 0.339. The molecule has 0 bridgehead atoms. The van der Waals surface area contributed by atoms with Gasteiger partial charge in [0.15, 0.2) is 5.84 Å². The average Bonchev–Trinajstić information content (AvgIpc) is 2.34. The summed E-state index contributed by atoms with van der Waals surface area (Å²) >= 11 is 9.36. The molecule has 1 amide bonds. The van der Waals surface area contributed by atoms with Crippen molar-refractivity contribution in [2.75, 3.05) is 5.32 Å². The molecule has 0 radical (unpaired) electrons. The molecule has 0 fully saturated rings. The van der Waals surface area contributed by atoms with Gasteiger partial charge in [0.05, 0.1) is 5.69 Å². The van der Waals surface area contributed by atoms with Crippen molar-refractivity contribution < 1.29 is 10.0 Å². The Hall–Kier alpha value is -1.27. The van der Waals surface area contributed by atoms with Crippen molar-refractivity contribution in [1.82, 2.24) is 0 Å². The molecule has 0 saturated carbocycles. The van der Waals surface area contributed by atoms with Crippen LogP contribution >= 0.6 is 27.5 Å². The predicted molar refractivity (Wildman–Crippen MR) is 79.7 cm³/mol. The summed E-state index contributed by atoms with van der Waals surface area (Å²) < 4.78 is 0.707. The third-order valence-corrected chi connectivity index (χ3v) is 3.88. The number of carbonyl (C=O) groups excluding carboxylic acids is 1. The van der Waals surface area contributed by atoms with Crippen LogP contribution in [0, 0.1) is 12.3 Å². The van der Waals surface area contributed by atoms with Crippen molar-refractivity contribution in [1.29, 1.82) is 0 Å². The highest BCUT2D eigenvalue weighted by Gasteiger charge is 2.33. The Bertz CT molecular complexity index is 544. The molecule has 1 aromatic rings. The molecule has 4 N–H and O–H groups in total. The summed E-state index contributed by atoms with van der Waals surface area (Å²) in [6, 6.07) is 3.44. The SMILES string of the molecule is Cc1cc(Br)c(NC(=O)C(C)(C)/C(N)=N/O)cc1Cl. The zero-order chi connectivity index (χ0) is 14.8. The molecular formula is C12H15BrClN3O2. The maximum absolute atomic E-state index is 12.1. The van der Waals surface area contributed by atoms with Crippen molar-refractivity contribution in [2.24, 2.45) is 16.3 Å². The summed E-state index contributed by atoms with van der Waals surface area (Å²) in [7, 11) is 0. The van der Waals surface area contributed by atoms with Crippen molar-refractivity contribution in [3.63, 3.8) is 0 Å². The van der Waals surface area contributed by atoms with Crippen LogP contribution in [0.3, 0.4) is 0 Å².